The van der Waals surface area contributed by atoms with Gasteiger partial charge in [0.25, 0.3) is 0 Å². The number of hydrogen-bond donors (Lipinski definition) is 2. The number of fused-ring (bicyclic) bond motifs is 1. The third kappa shape index (κ3) is 2.97. The summed E-state index contributed by atoms with van der Waals surface area (Å²) in [5.74, 6) is 0.266. The lowest BCUT2D eigenvalue weighted by molar-refractivity contribution is 0.0528. The van der Waals surface area contributed by atoms with Gasteiger partial charge in [-0.05, 0) is 32.9 Å². The average molecular weight is 285 g/mol. The van der Waals surface area contributed by atoms with Crippen molar-refractivity contribution >= 4 is 22.6 Å². The Labute approximate surface area is 123 Å². The molecule has 3 N–H and O–H groups in total. The average Bonchev–Trinajstić information content (AvgIpc) is 2.87. The van der Waals surface area contributed by atoms with Gasteiger partial charge in [0, 0.05) is 11.3 Å². The summed E-state index contributed by atoms with van der Waals surface area (Å²) in [4.78, 5) is 19.7. The Balaban J connectivity index is 2.59. The Bertz CT molecular complexity index is 722. The number of carbonyl (C=O) groups is 1. The second kappa shape index (κ2) is 6.26. The summed E-state index contributed by atoms with van der Waals surface area (Å²) in [6, 6.07) is 5.37. The number of aromatic amines is 1. The quantitative estimate of drug-likeness (QED) is 0.668. The third-order valence-electron chi connectivity index (χ3n) is 3.02. The van der Waals surface area contributed by atoms with E-state index in [9.17, 15) is 4.79 Å². The number of aromatic nitrogens is 2. The van der Waals surface area contributed by atoms with E-state index in [1.807, 2.05) is 32.1 Å². The van der Waals surface area contributed by atoms with Crippen molar-refractivity contribution in [2.75, 3.05) is 6.61 Å². The molecule has 0 saturated carbocycles. The number of imidazole rings is 1. The molecule has 0 aliphatic rings. The van der Waals surface area contributed by atoms with Crippen molar-refractivity contribution in [2.45, 2.75) is 20.8 Å². The van der Waals surface area contributed by atoms with E-state index in [-0.39, 0.29) is 5.97 Å². The summed E-state index contributed by atoms with van der Waals surface area (Å²) < 4.78 is 5.06. The van der Waals surface area contributed by atoms with Gasteiger partial charge in [0.15, 0.2) is 0 Å². The van der Waals surface area contributed by atoms with Crippen LogP contribution in [0.2, 0.25) is 0 Å². The molecule has 1 aromatic heterocycles. The van der Waals surface area contributed by atoms with E-state index in [4.69, 9.17) is 10.5 Å². The van der Waals surface area contributed by atoms with Gasteiger partial charge in [-0.1, -0.05) is 18.2 Å². The zero-order valence-corrected chi connectivity index (χ0v) is 12.4. The zero-order chi connectivity index (χ0) is 15.4. The number of nitrogens with two attached hydrogens (primary N) is 1. The molecule has 0 fully saturated rings. The number of nitrogens with zero attached hydrogens (tertiary/aromatic N) is 1. The molecule has 0 aliphatic heterocycles. The molecule has 1 aromatic carbocycles. The molecule has 0 amide bonds. The Morgan fingerprint density at radius 1 is 1.48 bits per heavy atom. The molecule has 0 unspecified atom stereocenters. The Morgan fingerprint density at radius 3 is 2.86 bits per heavy atom. The van der Waals surface area contributed by atoms with E-state index in [1.54, 1.807) is 19.1 Å². The summed E-state index contributed by atoms with van der Waals surface area (Å²) in [5.41, 5.74) is 9.18. The number of esters is 1. The van der Waals surface area contributed by atoms with Crippen molar-refractivity contribution in [1.29, 1.82) is 0 Å². The second-order valence-electron chi connectivity index (χ2n) is 4.60. The van der Waals surface area contributed by atoms with Gasteiger partial charge in [0.1, 0.15) is 11.3 Å². The predicted molar refractivity (Wildman–Crippen MR) is 83.6 cm³/mol. The first-order valence-corrected chi connectivity index (χ1v) is 6.83. The molecule has 0 bridgehead atoms. The van der Waals surface area contributed by atoms with Gasteiger partial charge in [-0.2, -0.15) is 0 Å². The molecule has 1 heterocycles. The summed E-state index contributed by atoms with van der Waals surface area (Å²) in [7, 11) is 0. The number of para-hydroxylation sites is 1. The van der Waals surface area contributed by atoms with E-state index in [0.29, 0.717) is 29.2 Å². The normalized spacial score (nSPS) is 12.7. The van der Waals surface area contributed by atoms with Crippen LogP contribution >= 0.6 is 0 Å². The van der Waals surface area contributed by atoms with Crippen molar-refractivity contribution in [3.63, 3.8) is 0 Å². The lowest BCUT2D eigenvalue weighted by atomic mass is 10.2. The highest BCUT2D eigenvalue weighted by Crippen LogP contribution is 2.22. The Morgan fingerprint density at radius 2 is 2.24 bits per heavy atom. The SMILES string of the molecule is C/C=C\C(=C(/C)N)c1nc2c(C(=O)OCC)cccc2[nH]1. The van der Waals surface area contributed by atoms with E-state index in [1.165, 1.54) is 0 Å². The van der Waals surface area contributed by atoms with E-state index in [0.717, 1.165) is 11.1 Å². The summed E-state index contributed by atoms with van der Waals surface area (Å²) >= 11 is 0. The van der Waals surface area contributed by atoms with Crippen LogP contribution in [0.3, 0.4) is 0 Å². The highest BCUT2D eigenvalue weighted by Gasteiger charge is 2.15. The monoisotopic (exact) mass is 285 g/mol. The van der Waals surface area contributed by atoms with Crippen LogP contribution in [0.5, 0.6) is 0 Å². The van der Waals surface area contributed by atoms with E-state index in [2.05, 4.69) is 9.97 Å². The fourth-order valence-electron chi connectivity index (χ4n) is 2.10. The number of rotatable bonds is 4. The van der Waals surface area contributed by atoms with Gasteiger partial charge in [-0.25, -0.2) is 9.78 Å². The van der Waals surface area contributed by atoms with Gasteiger partial charge in [0.05, 0.1) is 17.7 Å². The van der Waals surface area contributed by atoms with Crippen LogP contribution in [0, 0.1) is 0 Å². The van der Waals surface area contributed by atoms with Gasteiger partial charge in [-0.3, -0.25) is 0 Å². The van der Waals surface area contributed by atoms with Crippen LogP contribution in [-0.4, -0.2) is 22.5 Å². The smallest absolute Gasteiger partial charge is 0.340 e. The second-order valence-corrected chi connectivity index (χ2v) is 4.60. The lowest BCUT2D eigenvalue weighted by Gasteiger charge is -2.01. The maximum Gasteiger partial charge on any atom is 0.340 e. The fraction of sp³-hybridized carbons (Fsp3) is 0.250. The molecular formula is C16H19N3O2. The van der Waals surface area contributed by atoms with Gasteiger partial charge >= 0.3 is 5.97 Å². The minimum Gasteiger partial charge on any atom is -0.462 e. The molecule has 5 heteroatoms. The summed E-state index contributed by atoms with van der Waals surface area (Å²) in [5, 5.41) is 0. The topological polar surface area (TPSA) is 81.0 Å². The first-order valence-electron chi connectivity index (χ1n) is 6.83. The molecule has 2 rings (SSSR count). The number of allylic oxidation sites excluding steroid dienone is 4. The number of nitrogens with one attached hydrogen (secondary N) is 1. The number of ether oxygens (including phenoxy) is 1. The van der Waals surface area contributed by atoms with E-state index >= 15 is 0 Å². The minimum atomic E-state index is -0.373. The molecule has 0 spiro atoms. The number of H-pyrrole nitrogens is 1. The Hall–Kier alpha value is -2.56. The lowest BCUT2D eigenvalue weighted by Crippen LogP contribution is -2.05. The Kier molecular flexibility index (Phi) is 4.42. The molecule has 0 atom stereocenters. The van der Waals surface area contributed by atoms with Crippen LogP contribution in [0.1, 0.15) is 37.0 Å². The van der Waals surface area contributed by atoms with Crippen molar-refractivity contribution in [1.82, 2.24) is 9.97 Å². The van der Waals surface area contributed by atoms with Crippen LogP contribution in [-0.2, 0) is 4.74 Å². The first-order chi connectivity index (χ1) is 10.1. The molecular weight excluding hydrogens is 266 g/mol. The number of benzene rings is 1. The van der Waals surface area contributed by atoms with E-state index < -0.39 is 0 Å². The van der Waals surface area contributed by atoms with Gasteiger partial charge in [-0.15, -0.1) is 0 Å². The molecule has 0 saturated heterocycles. The molecule has 5 nitrogen and oxygen atoms in total. The van der Waals surface area contributed by atoms with Crippen LogP contribution < -0.4 is 5.73 Å². The maximum absolute atomic E-state index is 12.0. The minimum absolute atomic E-state index is 0.331. The zero-order valence-electron chi connectivity index (χ0n) is 12.4. The highest BCUT2D eigenvalue weighted by atomic mass is 16.5. The molecule has 0 aliphatic carbocycles. The number of carbonyl (C=O) groups excluding carboxylic acids is 1. The highest BCUT2D eigenvalue weighted by molar-refractivity contribution is 6.02. The van der Waals surface area contributed by atoms with Gasteiger partial charge in [0.2, 0.25) is 0 Å². The predicted octanol–water partition coefficient (Wildman–Crippen LogP) is 3.01. The molecule has 21 heavy (non-hydrogen) atoms. The molecule has 0 radical (unpaired) electrons. The van der Waals surface area contributed by atoms with Crippen LogP contribution in [0.4, 0.5) is 0 Å². The van der Waals surface area contributed by atoms with Crippen LogP contribution in [0.25, 0.3) is 16.6 Å². The van der Waals surface area contributed by atoms with Crippen LogP contribution in [0.15, 0.2) is 36.0 Å². The van der Waals surface area contributed by atoms with Crippen molar-refractivity contribution in [3.8, 4) is 0 Å². The molecule has 2 aromatic rings. The fourth-order valence-corrected chi connectivity index (χ4v) is 2.10. The van der Waals surface area contributed by atoms with Gasteiger partial charge < -0.3 is 15.5 Å². The maximum atomic E-state index is 12.0. The van der Waals surface area contributed by atoms with Crippen molar-refractivity contribution < 1.29 is 9.53 Å². The number of hydrogen-bond acceptors (Lipinski definition) is 4. The first kappa shape index (κ1) is 14.8. The van der Waals surface area contributed by atoms with Crippen molar-refractivity contribution in [3.05, 3.63) is 47.4 Å². The third-order valence-corrected chi connectivity index (χ3v) is 3.02. The standard InChI is InChI=1S/C16H19N3O2/c1-4-7-11(10(3)17)15-18-13-9-6-8-12(14(13)19-15)16(20)21-5-2/h4,6-9H,5,17H2,1-3H3,(H,18,19)/b7-4-,11-10-. The van der Waals surface area contributed by atoms with Crippen molar-refractivity contribution in [2.24, 2.45) is 5.73 Å². The summed E-state index contributed by atoms with van der Waals surface area (Å²) in [6.45, 7) is 5.83. The molecule has 110 valence electrons. The summed E-state index contributed by atoms with van der Waals surface area (Å²) in [6.07, 6.45) is 3.78. The largest absolute Gasteiger partial charge is 0.462 e.